The summed E-state index contributed by atoms with van der Waals surface area (Å²) in [4.78, 5) is 31.6. The molecule has 2 aromatic heterocycles. The van der Waals surface area contributed by atoms with Crippen LogP contribution in [0.2, 0.25) is 0 Å². The van der Waals surface area contributed by atoms with Gasteiger partial charge in [0.25, 0.3) is 5.89 Å². The molecule has 1 N–H and O–H groups in total. The molecule has 0 spiro atoms. The number of hydrogen-bond donors (Lipinski definition) is 1. The monoisotopic (exact) mass is 401 g/mol. The lowest BCUT2D eigenvalue weighted by atomic mass is 10.1. The predicted molar refractivity (Wildman–Crippen MR) is 99.6 cm³/mol. The van der Waals surface area contributed by atoms with Crippen LogP contribution in [-0.2, 0) is 16.1 Å². The third-order valence-electron chi connectivity index (χ3n) is 4.09. The van der Waals surface area contributed by atoms with Gasteiger partial charge in [0.2, 0.25) is 5.82 Å². The molecule has 0 unspecified atom stereocenters. The van der Waals surface area contributed by atoms with Crippen LogP contribution in [0.4, 0.5) is 4.39 Å². The molecule has 1 aromatic carbocycles. The Morgan fingerprint density at radius 2 is 1.86 bits per heavy atom. The first-order chi connectivity index (χ1) is 13.8. The Balaban J connectivity index is 1.69. The highest BCUT2D eigenvalue weighted by Gasteiger charge is 2.25. The molecule has 0 aliphatic carbocycles. The number of ether oxygens (including phenoxy) is 2. The van der Waals surface area contributed by atoms with Gasteiger partial charge in [-0.3, -0.25) is 0 Å². The number of rotatable bonds is 6. The molecule has 0 aliphatic heterocycles. The van der Waals surface area contributed by atoms with E-state index in [1.807, 2.05) is 0 Å². The largest absolute Gasteiger partial charge is 0.459 e. The normalized spacial score (nSPS) is 11.0. The lowest BCUT2D eigenvalue weighted by Gasteiger charge is -2.08. The van der Waals surface area contributed by atoms with E-state index in [4.69, 9.17) is 14.0 Å². The molecular weight excluding hydrogens is 381 g/mol. The van der Waals surface area contributed by atoms with Gasteiger partial charge in [-0.15, -0.1) is 0 Å². The van der Waals surface area contributed by atoms with Crippen LogP contribution in [0.1, 0.15) is 51.8 Å². The minimum atomic E-state index is -0.671. The van der Waals surface area contributed by atoms with Gasteiger partial charge in [-0.2, -0.15) is 4.98 Å². The Morgan fingerprint density at radius 3 is 2.52 bits per heavy atom. The van der Waals surface area contributed by atoms with E-state index in [-0.39, 0.29) is 35.9 Å². The summed E-state index contributed by atoms with van der Waals surface area (Å²) in [6.07, 6.45) is -0.278. The fraction of sp³-hybridized carbons (Fsp3) is 0.300. The molecule has 152 valence electrons. The van der Waals surface area contributed by atoms with Crippen LogP contribution in [-0.4, -0.2) is 33.2 Å². The number of nitrogens with zero attached hydrogens (tertiary/aromatic N) is 2. The number of aromatic amines is 1. The van der Waals surface area contributed by atoms with Crippen molar-refractivity contribution >= 4 is 11.9 Å². The van der Waals surface area contributed by atoms with Crippen molar-refractivity contribution < 1.29 is 28.0 Å². The predicted octanol–water partition coefficient (Wildman–Crippen LogP) is 3.74. The van der Waals surface area contributed by atoms with E-state index < -0.39 is 11.9 Å². The molecule has 0 amide bonds. The Kier molecular flexibility index (Phi) is 5.76. The van der Waals surface area contributed by atoms with E-state index in [1.54, 1.807) is 27.7 Å². The van der Waals surface area contributed by atoms with Crippen molar-refractivity contribution in [3.05, 3.63) is 58.5 Å². The lowest BCUT2D eigenvalue weighted by Crippen LogP contribution is -2.13. The summed E-state index contributed by atoms with van der Waals surface area (Å²) >= 11 is 0. The van der Waals surface area contributed by atoms with Crippen molar-refractivity contribution in [2.45, 2.75) is 40.4 Å². The number of H-pyrrole nitrogens is 1. The summed E-state index contributed by atoms with van der Waals surface area (Å²) < 4.78 is 28.5. The van der Waals surface area contributed by atoms with Gasteiger partial charge in [-0.25, -0.2) is 14.0 Å². The molecule has 0 aliphatic rings. The highest BCUT2D eigenvalue weighted by Crippen LogP contribution is 2.21. The van der Waals surface area contributed by atoms with E-state index >= 15 is 0 Å². The van der Waals surface area contributed by atoms with E-state index in [0.29, 0.717) is 22.4 Å². The molecule has 0 radical (unpaired) electrons. The van der Waals surface area contributed by atoms with Crippen LogP contribution in [0, 0.1) is 19.7 Å². The average Bonchev–Trinajstić information content (AvgIpc) is 3.24. The highest BCUT2D eigenvalue weighted by atomic mass is 19.1. The number of halogens is 1. The van der Waals surface area contributed by atoms with Crippen molar-refractivity contribution in [1.82, 2.24) is 15.1 Å². The third kappa shape index (κ3) is 4.50. The molecule has 0 bridgehead atoms. The molecule has 8 nitrogen and oxygen atoms in total. The average molecular weight is 401 g/mol. The zero-order valence-electron chi connectivity index (χ0n) is 16.4. The number of benzene rings is 1. The zero-order valence-corrected chi connectivity index (χ0v) is 16.4. The molecule has 9 heteroatoms. The second-order valence-electron chi connectivity index (χ2n) is 6.67. The first-order valence-corrected chi connectivity index (χ1v) is 8.92. The fourth-order valence-electron chi connectivity index (χ4n) is 2.76. The van der Waals surface area contributed by atoms with Crippen molar-refractivity contribution in [3.63, 3.8) is 0 Å². The van der Waals surface area contributed by atoms with Crippen LogP contribution < -0.4 is 0 Å². The van der Waals surface area contributed by atoms with Crippen LogP contribution in [0.15, 0.2) is 28.8 Å². The molecule has 0 atom stereocenters. The van der Waals surface area contributed by atoms with Crippen molar-refractivity contribution in [2.75, 3.05) is 0 Å². The molecule has 3 rings (SSSR count). The fourth-order valence-corrected chi connectivity index (χ4v) is 2.76. The second-order valence-corrected chi connectivity index (χ2v) is 6.67. The van der Waals surface area contributed by atoms with Gasteiger partial charge in [0.05, 0.1) is 11.7 Å². The number of hydrogen-bond acceptors (Lipinski definition) is 7. The van der Waals surface area contributed by atoms with Crippen LogP contribution in [0.5, 0.6) is 0 Å². The summed E-state index contributed by atoms with van der Waals surface area (Å²) in [5.74, 6) is -1.22. The molecule has 3 aromatic rings. The van der Waals surface area contributed by atoms with Crippen LogP contribution >= 0.6 is 0 Å². The van der Waals surface area contributed by atoms with Crippen molar-refractivity contribution in [3.8, 4) is 11.4 Å². The van der Waals surface area contributed by atoms with E-state index in [1.165, 1.54) is 24.3 Å². The number of esters is 2. The summed E-state index contributed by atoms with van der Waals surface area (Å²) in [6, 6.07) is 5.59. The standard InChI is InChI=1S/C20H20FN3O5/c1-10(2)28-19(25)16-11(3)17(22-12(16)4)20(26)27-9-15-23-18(24-29-15)13-5-7-14(21)8-6-13/h5-8,10,22H,9H2,1-4H3. The smallest absolute Gasteiger partial charge is 0.355 e. The number of aryl methyl sites for hydroxylation is 1. The van der Waals surface area contributed by atoms with E-state index in [9.17, 15) is 14.0 Å². The molecule has 0 saturated carbocycles. The number of aromatic nitrogens is 3. The minimum absolute atomic E-state index is 0.0815. The lowest BCUT2D eigenvalue weighted by molar-refractivity contribution is 0.0376. The Bertz CT molecular complexity index is 1040. The molecule has 2 heterocycles. The molecule has 0 fully saturated rings. The van der Waals surface area contributed by atoms with Gasteiger partial charge < -0.3 is 19.0 Å². The van der Waals surface area contributed by atoms with Crippen LogP contribution in [0.3, 0.4) is 0 Å². The maximum atomic E-state index is 13.0. The quantitative estimate of drug-likeness (QED) is 0.627. The van der Waals surface area contributed by atoms with Gasteiger partial charge in [0, 0.05) is 11.3 Å². The Labute approximate surface area is 166 Å². The summed E-state index contributed by atoms with van der Waals surface area (Å²) in [5.41, 5.74) is 1.97. The summed E-state index contributed by atoms with van der Waals surface area (Å²) in [7, 11) is 0. The maximum absolute atomic E-state index is 13.0. The van der Waals surface area contributed by atoms with Crippen LogP contribution in [0.25, 0.3) is 11.4 Å². The maximum Gasteiger partial charge on any atom is 0.355 e. The molecular formula is C20H20FN3O5. The third-order valence-corrected chi connectivity index (χ3v) is 4.09. The van der Waals surface area contributed by atoms with Gasteiger partial charge in [-0.1, -0.05) is 5.16 Å². The highest BCUT2D eigenvalue weighted by molar-refractivity contribution is 5.98. The summed E-state index contributed by atoms with van der Waals surface area (Å²) in [5, 5.41) is 3.78. The summed E-state index contributed by atoms with van der Waals surface area (Å²) in [6.45, 7) is 6.55. The topological polar surface area (TPSA) is 107 Å². The number of carbonyl (C=O) groups excluding carboxylic acids is 2. The molecule has 0 saturated heterocycles. The number of carbonyl (C=O) groups is 2. The Morgan fingerprint density at radius 1 is 1.17 bits per heavy atom. The SMILES string of the molecule is Cc1[nH]c(C(=O)OCc2nc(-c3ccc(F)cc3)no2)c(C)c1C(=O)OC(C)C. The van der Waals surface area contributed by atoms with Gasteiger partial charge >= 0.3 is 11.9 Å². The van der Waals surface area contributed by atoms with Gasteiger partial charge in [0.1, 0.15) is 11.5 Å². The first kappa shape index (κ1) is 20.2. The second kappa shape index (κ2) is 8.26. The minimum Gasteiger partial charge on any atom is -0.459 e. The van der Waals surface area contributed by atoms with E-state index in [0.717, 1.165) is 0 Å². The zero-order chi connectivity index (χ0) is 21.1. The van der Waals surface area contributed by atoms with E-state index in [2.05, 4.69) is 15.1 Å². The van der Waals surface area contributed by atoms with Crippen molar-refractivity contribution in [1.29, 1.82) is 0 Å². The molecule has 29 heavy (non-hydrogen) atoms. The van der Waals surface area contributed by atoms with Gasteiger partial charge in [0.15, 0.2) is 6.61 Å². The van der Waals surface area contributed by atoms with Gasteiger partial charge in [-0.05, 0) is 57.5 Å². The first-order valence-electron chi connectivity index (χ1n) is 8.92. The Hall–Kier alpha value is -3.49. The number of nitrogens with one attached hydrogen (secondary N) is 1. The van der Waals surface area contributed by atoms with Crippen molar-refractivity contribution in [2.24, 2.45) is 0 Å².